The smallest absolute Gasteiger partial charge is 0.279 e. The number of nitrogens with one attached hydrogen (secondary N) is 2. The molecule has 0 radical (unpaired) electrons. The first kappa shape index (κ1) is 20.2. The fourth-order valence-electron chi connectivity index (χ4n) is 2.29. The van der Waals surface area contributed by atoms with Gasteiger partial charge >= 0.3 is 0 Å². The summed E-state index contributed by atoms with van der Waals surface area (Å²) in [7, 11) is 0. The molecule has 152 valence electrons. The first-order valence-electron chi connectivity index (χ1n) is 8.58. The molecule has 2 N–H and O–H groups in total. The molecule has 0 aliphatic carbocycles. The Hall–Kier alpha value is -3.09. The Morgan fingerprint density at radius 2 is 1.97 bits per heavy atom. The van der Waals surface area contributed by atoms with E-state index in [-0.39, 0.29) is 17.4 Å². The summed E-state index contributed by atoms with van der Waals surface area (Å²) >= 11 is 3.76. The third-order valence-electron chi connectivity index (χ3n) is 3.62. The molecule has 0 bridgehead atoms. The van der Waals surface area contributed by atoms with Gasteiger partial charge in [-0.1, -0.05) is 58.6 Å². The van der Waals surface area contributed by atoms with E-state index in [0.29, 0.717) is 20.4 Å². The van der Waals surface area contributed by atoms with Crippen molar-refractivity contribution >= 4 is 56.5 Å². The molecule has 0 aliphatic rings. The molecule has 4 rings (SSSR count). The van der Waals surface area contributed by atoms with Crippen molar-refractivity contribution in [3.63, 3.8) is 0 Å². The average molecular weight is 459 g/mol. The van der Waals surface area contributed by atoms with Gasteiger partial charge in [-0.2, -0.15) is 0 Å². The molecule has 0 saturated heterocycles. The summed E-state index contributed by atoms with van der Waals surface area (Å²) in [5, 5.41) is 19.8. The van der Waals surface area contributed by atoms with Gasteiger partial charge in [0.1, 0.15) is 0 Å². The summed E-state index contributed by atoms with van der Waals surface area (Å²) in [5.41, 5.74) is 1.82. The molecule has 0 atom stereocenters. The van der Waals surface area contributed by atoms with Crippen molar-refractivity contribution in [2.45, 2.75) is 11.3 Å². The number of aromatic nitrogens is 4. The zero-order chi connectivity index (χ0) is 20.9. The van der Waals surface area contributed by atoms with E-state index in [1.165, 1.54) is 34.4 Å². The van der Waals surface area contributed by atoms with Crippen LogP contribution in [0.5, 0.6) is 0 Å². The zero-order valence-electron chi connectivity index (χ0n) is 15.5. The van der Waals surface area contributed by atoms with Crippen molar-refractivity contribution in [2.24, 2.45) is 0 Å². The predicted molar refractivity (Wildman–Crippen MR) is 116 cm³/mol. The van der Waals surface area contributed by atoms with Crippen molar-refractivity contribution in [2.75, 3.05) is 16.4 Å². The van der Waals surface area contributed by atoms with Crippen LogP contribution in [0.1, 0.15) is 16.2 Å². The average Bonchev–Trinajstić information content (AvgIpc) is 3.49. The minimum Gasteiger partial charge on any atom is -0.355 e. The molecule has 9 nitrogen and oxygen atoms in total. The molecule has 4 aromatic rings. The molecule has 3 heterocycles. The maximum Gasteiger partial charge on any atom is 0.279 e. The number of carbonyl (C=O) groups is 2. The molecule has 0 fully saturated rings. The number of carbonyl (C=O) groups excluding carboxylic acids is 2. The number of aryl methyl sites for hydroxylation is 1. The summed E-state index contributed by atoms with van der Waals surface area (Å²) in [4.78, 5) is 28.5. The summed E-state index contributed by atoms with van der Waals surface area (Å²) in [6, 6.07) is 10.9. The van der Waals surface area contributed by atoms with Crippen molar-refractivity contribution < 1.29 is 14.1 Å². The van der Waals surface area contributed by atoms with Gasteiger partial charge in [-0.25, -0.2) is 4.98 Å². The SMILES string of the molecule is Cc1csc(NC(=O)CSc2nnc(NC(=O)c3cc(-c4ccccc4)on3)s2)n1. The summed E-state index contributed by atoms with van der Waals surface area (Å²) in [6.45, 7) is 1.86. The van der Waals surface area contributed by atoms with Gasteiger partial charge < -0.3 is 9.84 Å². The molecule has 0 aliphatic heterocycles. The van der Waals surface area contributed by atoms with Gasteiger partial charge in [0.25, 0.3) is 5.91 Å². The van der Waals surface area contributed by atoms with E-state index < -0.39 is 5.91 Å². The Morgan fingerprint density at radius 1 is 1.13 bits per heavy atom. The number of hydrogen-bond donors (Lipinski definition) is 2. The Balaban J connectivity index is 1.30. The van der Waals surface area contributed by atoms with E-state index >= 15 is 0 Å². The van der Waals surface area contributed by atoms with Gasteiger partial charge in [-0.15, -0.1) is 21.5 Å². The van der Waals surface area contributed by atoms with Crippen LogP contribution in [-0.4, -0.2) is 37.9 Å². The normalized spacial score (nSPS) is 10.7. The number of hydrogen-bond acceptors (Lipinski definition) is 10. The second-order valence-corrected chi connectivity index (χ2v) is 8.96. The van der Waals surface area contributed by atoms with Crippen molar-refractivity contribution in [1.29, 1.82) is 0 Å². The first-order chi connectivity index (χ1) is 14.6. The van der Waals surface area contributed by atoms with Crippen LogP contribution < -0.4 is 10.6 Å². The Labute approximate surface area is 182 Å². The topological polar surface area (TPSA) is 123 Å². The van der Waals surface area contributed by atoms with Crippen LogP contribution in [0.2, 0.25) is 0 Å². The lowest BCUT2D eigenvalue weighted by molar-refractivity contribution is -0.113. The number of nitrogens with zero attached hydrogens (tertiary/aromatic N) is 4. The van der Waals surface area contributed by atoms with E-state index in [9.17, 15) is 9.59 Å². The minimum atomic E-state index is -0.453. The predicted octanol–water partition coefficient (Wildman–Crippen LogP) is 3.94. The van der Waals surface area contributed by atoms with Crippen LogP contribution in [0.4, 0.5) is 10.3 Å². The third kappa shape index (κ3) is 5.09. The van der Waals surface area contributed by atoms with Crippen LogP contribution in [-0.2, 0) is 4.79 Å². The van der Waals surface area contributed by atoms with E-state index in [0.717, 1.165) is 11.3 Å². The highest BCUT2D eigenvalue weighted by atomic mass is 32.2. The number of benzene rings is 1. The number of amides is 2. The van der Waals surface area contributed by atoms with Gasteiger partial charge in [0.15, 0.2) is 20.9 Å². The minimum absolute atomic E-state index is 0.136. The van der Waals surface area contributed by atoms with E-state index in [2.05, 4.69) is 31.0 Å². The fraction of sp³-hybridized carbons (Fsp3) is 0.111. The van der Waals surface area contributed by atoms with E-state index in [1.807, 2.05) is 42.6 Å². The van der Waals surface area contributed by atoms with Gasteiger partial charge in [0, 0.05) is 17.0 Å². The van der Waals surface area contributed by atoms with Crippen molar-refractivity contribution in [3.05, 3.63) is 53.2 Å². The molecule has 3 aromatic heterocycles. The summed E-state index contributed by atoms with van der Waals surface area (Å²) in [5.74, 6) is 0.0117. The maximum atomic E-state index is 12.4. The third-order valence-corrected chi connectivity index (χ3v) is 6.47. The van der Waals surface area contributed by atoms with Crippen LogP contribution in [0, 0.1) is 6.92 Å². The van der Waals surface area contributed by atoms with Crippen LogP contribution >= 0.6 is 34.4 Å². The number of thiazole rings is 1. The van der Waals surface area contributed by atoms with Crippen LogP contribution in [0.25, 0.3) is 11.3 Å². The van der Waals surface area contributed by atoms with Crippen molar-refractivity contribution in [1.82, 2.24) is 20.3 Å². The van der Waals surface area contributed by atoms with Gasteiger partial charge in [0.05, 0.1) is 11.4 Å². The zero-order valence-corrected chi connectivity index (χ0v) is 17.9. The molecule has 1 aromatic carbocycles. The molecule has 30 heavy (non-hydrogen) atoms. The first-order valence-corrected chi connectivity index (χ1v) is 11.3. The highest BCUT2D eigenvalue weighted by Crippen LogP contribution is 2.26. The highest BCUT2D eigenvalue weighted by molar-refractivity contribution is 8.01. The van der Waals surface area contributed by atoms with Crippen LogP contribution in [0.3, 0.4) is 0 Å². The van der Waals surface area contributed by atoms with Gasteiger partial charge in [-0.3, -0.25) is 14.9 Å². The second kappa shape index (κ2) is 9.15. The Bertz CT molecular complexity index is 1170. The van der Waals surface area contributed by atoms with Crippen LogP contribution in [0.15, 0.2) is 50.6 Å². The molecular weight excluding hydrogens is 444 g/mol. The molecule has 2 amide bonds. The van der Waals surface area contributed by atoms with Gasteiger partial charge in [0.2, 0.25) is 11.0 Å². The number of rotatable bonds is 7. The van der Waals surface area contributed by atoms with Gasteiger partial charge in [-0.05, 0) is 6.92 Å². The quantitative estimate of drug-likeness (QED) is 0.315. The lowest BCUT2D eigenvalue weighted by Gasteiger charge is -1.99. The number of thioether (sulfide) groups is 1. The molecule has 12 heteroatoms. The highest BCUT2D eigenvalue weighted by Gasteiger charge is 2.16. The second-order valence-electron chi connectivity index (χ2n) is 5.90. The molecule has 0 spiro atoms. The Kier molecular flexibility index (Phi) is 6.16. The standard InChI is InChI=1S/C18H14N6O3S3/c1-10-8-28-16(19-10)20-14(25)9-29-18-23-22-17(30-18)21-15(26)12-7-13(27-24-12)11-5-3-2-4-6-11/h2-8H,9H2,1H3,(H,19,20,25)(H,21,22,26). The maximum absolute atomic E-state index is 12.4. The monoisotopic (exact) mass is 458 g/mol. The fourth-order valence-corrected chi connectivity index (χ4v) is 4.55. The summed E-state index contributed by atoms with van der Waals surface area (Å²) < 4.78 is 5.79. The van der Waals surface area contributed by atoms with Crippen molar-refractivity contribution in [3.8, 4) is 11.3 Å². The van der Waals surface area contributed by atoms with E-state index in [4.69, 9.17) is 4.52 Å². The Morgan fingerprint density at radius 3 is 2.73 bits per heavy atom. The molecule has 0 saturated carbocycles. The number of anilines is 2. The lowest BCUT2D eigenvalue weighted by Crippen LogP contribution is -2.13. The molecular formula is C18H14N6O3S3. The van der Waals surface area contributed by atoms with E-state index in [1.54, 1.807) is 6.07 Å². The lowest BCUT2D eigenvalue weighted by atomic mass is 10.1. The largest absolute Gasteiger partial charge is 0.355 e. The summed E-state index contributed by atoms with van der Waals surface area (Å²) in [6.07, 6.45) is 0. The molecule has 0 unspecified atom stereocenters.